The lowest BCUT2D eigenvalue weighted by molar-refractivity contribution is -0.358. The number of carboxylic acid groups (broad SMARTS) is 3. The summed E-state index contributed by atoms with van der Waals surface area (Å²) in [6.07, 6.45) is -47.9. The second-order valence-electron chi connectivity index (χ2n) is 23.7. The number of aliphatic hydroxyl groups excluding tert-OH is 12. The van der Waals surface area contributed by atoms with E-state index in [1.807, 2.05) is 0 Å². The summed E-state index contributed by atoms with van der Waals surface area (Å²) in [6, 6.07) is 10.7. The van der Waals surface area contributed by atoms with Gasteiger partial charge in [0, 0.05) is 23.8 Å². The average Bonchev–Trinajstić information content (AvgIpc) is 0.761. The standard InChI is InChI=1S/C64H66O42/c65-17-34-42(77)47(82)56(103-38(73)8-4-21-2-6-26(67)29(70)10-21)64(100-34)106-57-48(83)44(79)36(19-95-39(74)16-40(75)104-55(60(92)93)52(87)58(88)89)102-63(57)99-33-15-24-27(68)13-23(96-61-50(85)45(80)43(78)35(101-61)18-94-37(72)7-3-20-1-5-25(66)28(69)9-20)14-31(24)97-53(33)22-11-30(71)41(76)32(12-22)98-62-51(86)46(81)49(84)54(105-62)59(90)91/h1-15,34-36,42-52,54-57,61-67,69-71,76-87H,16-19H2,(H,88,89)(H,90,91)(H,92,93)/p+1/t34-,35-,36-,42-,43-,44+,45+,46+,47+,48+,49+,50-,51-,52?,54+,55?,56-,57-,61-,62-,63-,64+/m1/s1. The number of hydrogen-bond acceptors (Lipinski definition) is 38. The lowest BCUT2D eigenvalue weighted by Gasteiger charge is -2.46. The van der Waals surface area contributed by atoms with Crippen LogP contribution in [0, 0.1) is 0 Å². The highest BCUT2D eigenvalue weighted by molar-refractivity contribution is 5.93. The fourth-order valence-corrected chi connectivity index (χ4v) is 10.7. The Hall–Kier alpha value is -10.6. The number of aliphatic carboxylic acids is 3. The molecule has 1 aliphatic carbocycles. The first-order valence-corrected chi connectivity index (χ1v) is 30.9. The third kappa shape index (κ3) is 18.2. The van der Waals surface area contributed by atoms with Gasteiger partial charge in [0.25, 0.3) is 0 Å². The molecule has 0 bridgehead atoms. The van der Waals surface area contributed by atoms with Gasteiger partial charge in [0.1, 0.15) is 97.8 Å². The van der Waals surface area contributed by atoms with Crippen LogP contribution in [0.15, 0.2) is 88.1 Å². The smallest absolute Gasteiger partial charge is 0.504 e. The lowest BCUT2D eigenvalue weighted by atomic mass is 9.97. The van der Waals surface area contributed by atoms with Crippen molar-refractivity contribution in [2.45, 2.75) is 141 Å². The Balaban J connectivity index is 1.11. The molecule has 3 aromatic carbocycles. The van der Waals surface area contributed by atoms with Crippen LogP contribution in [-0.2, 0) is 71.4 Å². The second-order valence-corrected chi connectivity index (χ2v) is 23.7. The van der Waals surface area contributed by atoms with Crippen molar-refractivity contribution in [1.82, 2.24) is 0 Å². The average molecular weight is 1510 g/mol. The van der Waals surface area contributed by atoms with E-state index in [4.69, 9.17) is 61.6 Å². The number of fused-ring (bicyclic) bond motifs is 1. The number of aliphatic hydroxyl groups is 12. The zero-order chi connectivity index (χ0) is 77.6. The number of carbonyl (C=O) groups is 6. The Morgan fingerprint density at radius 1 is 0.528 bits per heavy atom. The van der Waals surface area contributed by atoms with Crippen molar-refractivity contribution in [3.63, 3.8) is 0 Å². The van der Waals surface area contributed by atoms with Crippen LogP contribution in [0.2, 0.25) is 0 Å². The highest BCUT2D eigenvalue weighted by Gasteiger charge is 2.55. The molecular formula is C64H67O42+. The van der Waals surface area contributed by atoms with Gasteiger partial charge in [-0.1, -0.05) is 12.1 Å². The molecule has 4 fully saturated rings. The van der Waals surface area contributed by atoms with Gasteiger partial charge < -0.3 is 173 Å². The molecule has 0 aromatic heterocycles. The van der Waals surface area contributed by atoms with Crippen LogP contribution in [-0.4, -0.2) is 309 Å². The van der Waals surface area contributed by atoms with Crippen LogP contribution < -0.4 is 19.6 Å². The van der Waals surface area contributed by atoms with E-state index in [-0.39, 0.29) is 11.1 Å². The second kappa shape index (κ2) is 33.7. The molecule has 0 spiro atoms. The molecule has 22 atom stereocenters. The largest absolute Gasteiger partial charge is 0.510 e. The molecule has 22 N–H and O–H groups in total. The molecule has 0 amide bonds. The number of esters is 4. The minimum Gasteiger partial charge on any atom is -0.504 e. The summed E-state index contributed by atoms with van der Waals surface area (Å²) in [5, 5.41) is 221. The molecule has 3 aromatic rings. The molecular weight excluding hydrogens is 1440 g/mol. The summed E-state index contributed by atoms with van der Waals surface area (Å²) in [4.78, 5) is 99.2. The fourth-order valence-electron chi connectivity index (χ4n) is 10.7. The maximum absolute atomic E-state index is 14.4. The number of carbonyl (C=O) groups excluding carboxylic acids is 4. The number of phenols is 6. The predicted molar refractivity (Wildman–Crippen MR) is 334 cm³/mol. The molecule has 9 rings (SSSR count). The minimum atomic E-state index is -2.85. The van der Waals surface area contributed by atoms with Gasteiger partial charge in [-0.05, 0) is 65.7 Å². The summed E-state index contributed by atoms with van der Waals surface area (Å²) in [7, 11) is 0. The quantitative estimate of drug-likeness (QED) is 0.00612. The van der Waals surface area contributed by atoms with E-state index < -0.39 is 283 Å². The van der Waals surface area contributed by atoms with Crippen molar-refractivity contribution in [2.75, 3.05) is 19.8 Å². The van der Waals surface area contributed by atoms with Gasteiger partial charge in [-0.3, -0.25) is 14.4 Å². The molecule has 42 heteroatoms. The molecule has 574 valence electrons. The van der Waals surface area contributed by atoms with Crippen molar-refractivity contribution in [1.29, 1.82) is 0 Å². The van der Waals surface area contributed by atoms with Gasteiger partial charge in [0.2, 0.25) is 37.3 Å². The number of hydrogen-bond donors (Lipinski definition) is 21. The Labute approximate surface area is 590 Å². The fraction of sp³-hybridized carbons (Fsp3) is 0.406. The molecule has 5 aliphatic heterocycles. The first kappa shape index (κ1) is 79.5. The Morgan fingerprint density at radius 2 is 1.08 bits per heavy atom. The van der Waals surface area contributed by atoms with E-state index in [1.165, 1.54) is 18.2 Å². The monoisotopic (exact) mass is 1510 g/mol. The van der Waals surface area contributed by atoms with Crippen LogP contribution >= 0.6 is 0 Å². The van der Waals surface area contributed by atoms with Gasteiger partial charge in [-0.25, -0.2) is 19.2 Å². The zero-order valence-electron chi connectivity index (χ0n) is 53.7. The summed E-state index contributed by atoms with van der Waals surface area (Å²) in [6.45, 7) is -3.23. The highest BCUT2D eigenvalue weighted by atomic mass is 16.8. The van der Waals surface area contributed by atoms with Gasteiger partial charge in [0.15, 0.2) is 88.2 Å². The Kier molecular flexibility index (Phi) is 25.2. The van der Waals surface area contributed by atoms with Crippen LogP contribution in [0.3, 0.4) is 0 Å². The summed E-state index contributed by atoms with van der Waals surface area (Å²) in [5.41, 5.74) is -2.04. The Bertz CT molecular complexity index is 4130. The van der Waals surface area contributed by atoms with Crippen molar-refractivity contribution < 1.29 is 202 Å². The molecule has 42 nitrogen and oxygen atoms in total. The van der Waals surface area contributed by atoms with Crippen molar-refractivity contribution in [3.8, 4) is 74.4 Å². The van der Waals surface area contributed by atoms with Crippen LogP contribution in [0.5, 0.6) is 51.7 Å². The number of phenolic OH excluding ortho intramolecular Hbond substituents is 6. The zero-order valence-corrected chi connectivity index (χ0v) is 53.7. The van der Waals surface area contributed by atoms with Gasteiger partial charge in [-0.15, -0.1) is 0 Å². The summed E-state index contributed by atoms with van der Waals surface area (Å²) < 4.78 is 72.8. The third-order valence-corrected chi connectivity index (χ3v) is 16.3. The van der Waals surface area contributed by atoms with Crippen LogP contribution in [0.1, 0.15) is 17.5 Å². The normalized spacial score (nSPS) is 29.5. The van der Waals surface area contributed by atoms with Gasteiger partial charge in [-0.2, -0.15) is 0 Å². The molecule has 4 saturated heterocycles. The van der Waals surface area contributed by atoms with Crippen molar-refractivity contribution in [3.05, 3.63) is 100 Å². The van der Waals surface area contributed by atoms with E-state index in [0.29, 0.717) is 18.2 Å². The maximum Gasteiger partial charge on any atom is 0.510 e. The topological polar surface area (TPSA) is 690 Å². The van der Waals surface area contributed by atoms with Crippen LogP contribution in [0.25, 0.3) is 34.8 Å². The molecule has 0 radical (unpaired) electrons. The molecule has 2 unspecified atom stereocenters. The first-order valence-electron chi connectivity index (χ1n) is 30.9. The third-order valence-electron chi connectivity index (χ3n) is 16.3. The minimum absolute atomic E-state index is 0.0727. The van der Waals surface area contributed by atoms with E-state index in [0.717, 1.165) is 54.6 Å². The lowest BCUT2D eigenvalue weighted by Crippen LogP contribution is -2.65. The first-order chi connectivity index (χ1) is 50.0. The van der Waals surface area contributed by atoms with Gasteiger partial charge in [0.05, 0.1) is 18.2 Å². The predicted octanol–water partition coefficient (Wildman–Crippen LogP) is -6.01. The van der Waals surface area contributed by atoms with Crippen LogP contribution in [0.4, 0.5) is 0 Å². The number of aromatic hydroxyl groups is 6. The van der Waals surface area contributed by atoms with Crippen molar-refractivity contribution >= 4 is 53.9 Å². The SMILES string of the molecule is O=C(C=Cc1ccc(O)c(O)c1)O[C@H]1[C@H](O[C@H]2[C@H](Oc3cc4c(=O)cc(O[C@@H]5O[C@H](COC(=[OH+])C=Cc6ccc(O)c(O)c6)[C@@H](O)[C@H](O)[C@H]5O)cc-4oc3-c3cc(O)c(O)c(O[C@@H]4O[C@H](C(=O)O)[C@@H](O)[C@H](O)[C@H]4O)c3)O[C@H](COC(=O)CC(=O)OC(C(=O)O)C(O)C(=O)O)[C@H](O)[C@@H]2O)O[C@H](CO)[C@@H](O)[C@@H]1O. The molecule has 5 heterocycles. The van der Waals surface area contributed by atoms with E-state index in [2.05, 4.69) is 4.74 Å². The number of carboxylic acids is 3. The number of rotatable bonds is 26. The Morgan fingerprint density at radius 3 is 1.69 bits per heavy atom. The highest BCUT2D eigenvalue weighted by Crippen LogP contribution is 2.47. The van der Waals surface area contributed by atoms with Gasteiger partial charge >= 0.3 is 41.8 Å². The van der Waals surface area contributed by atoms with E-state index in [1.54, 1.807) is 0 Å². The maximum atomic E-state index is 14.4. The molecule has 106 heavy (non-hydrogen) atoms. The number of ether oxygens (including phenoxy) is 12. The molecule has 6 aliphatic rings. The summed E-state index contributed by atoms with van der Waals surface area (Å²) >= 11 is 0. The summed E-state index contributed by atoms with van der Waals surface area (Å²) in [5.74, 6) is -20.5. The van der Waals surface area contributed by atoms with E-state index >= 15 is 0 Å². The van der Waals surface area contributed by atoms with Crippen molar-refractivity contribution in [2.24, 2.45) is 0 Å². The number of benzene rings is 4. The molecule has 0 saturated carbocycles. The van der Waals surface area contributed by atoms with E-state index in [9.17, 15) is 140 Å².